The van der Waals surface area contributed by atoms with Crippen LogP contribution in [0.5, 0.6) is 0 Å². The van der Waals surface area contributed by atoms with Gasteiger partial charge in [-0.3, -0.25) is 4.72 Å². The Labute approximate surface area is 127 Å². The van der Waals surface area contributed by atoms with E-state index in [1.165, 1.54) is 6.07 Å². The van der Waals surface area contributed by atoms with Gasteiger partial charge in [0.2, 0.25) is 0 Å². The fraction of sp³-hybridized carbons (Fsp3) is 0. The van der Waals surface area contributed by atoms with Crippen LogP contribution in [0.25, 0.3) is 0 Å². The molecule has 112 valence electrons. The number of rotatable bonds is 3. The van der Waals surface area contributed by atoms with Crippen LogP contribution in [0.1, 0.15) is 0 Å². The van der Waals surface area contributed by atoms with E-state index in [1.807, 2.05) is 4.72 Å². The van der Waals surface area contributed by atoms with Crippen molar-refractivity contribution in [3.05, 3.63) is 52.3 Å². The summed E-state index contributed by atoms with van der Waals surface area (Å²) >= 11 is 3.05. The monoisotopic (exact) mass is 380 g/mol. The molecule has 0 radical (unpaired) electrons. The summed E-state index contributed by atoms with van der Waals surface area (Å²) in [5.74, 6) is -3.26. The molecule has 0 aromatic heterocycles. The maximum atomic E-state index is 13.6. The zero-order chi connectivity index (χ0) is 15.8. The summed E-state index contributed by atoms with van der Waals surface area (Å²) in [5, 5.41) is 0. The van der Waals surface area contributed by atoms with Gasteiger partial charge in [-0.1, -0.05) is 15.9 Å². The molecule has 2 aromatic rings. The van der Waals surface area contributed by atoms with Crippen molar-refractivity contribution in [2.24, 2.45) is 0 Å². The number of benzene rings is 2. The summed E-state index contributed by atoms with van der Waals surface area (Å²) in [7, 11) is -4.46. The van der Waals surface area contributed by atoms with Crippen molar-refractivity contribution >= 4 is 37.3 Å². The number of anilines is 2. The number of sulfonamides is 1. The Morgan fingerprint density at radius 1 is 1.00 bits per heavy atom. The van der Waals surface area contributed by atoms with Crippen LogP contribution in [0, 0.1) is 17.5 Å². The van der Waals surface area contributed by atoms with E-state index in [1.54, 1.807) is 0 Å². The summed E-state index contributed by atoms with van der Waals surface area (Å²) in [6, 6.07) is 4.53. The molecule has 0 saturated carbocycles. The Morgan fingerprint density at radius 3 is 2.33 bits per heavy atom. The van der Waals surface area contributed by atoms with Gasteiger partial charge in [-0.15, -0.1) is 0 Å². The van der Waals surface area contributed by atoms with Crippen molar-refractivity contribution in [1.29, 1.82) is 0 Å². The molecule has 2 aromatic carbocycles. The second-order valence-corrected chi connectivity index (χ2v) is 6.60. The molecule has 0 saturated heterocycles. The largest absolute Gasteiger partial charge is 0.396 e. The second-order valence-electron chi connectivity index (χ2n) is 4.03. The van der Waals surface area contributed by atoms with Crippen LogP contribution in [0.15, 0.2) is 39.7 Å². The van der Waals surface area contributed by atoms with E-state index < -0.39 is 38.1 Å². The highest BCUT2D eigenvalue weighted by molar-refractivity contribution is 9.10. The van der Waals surface area contributed by atoms with E-state index in [0.29, 0.717) is 16.6 Å². The van der Waals surface area contributed by atoms with E-state index in [9.17, 15) is 21.6 Å². The Kier molecular flexibility index (Phi) is 4.15. The molecule has 0 heterocycles. The lowest BCUT2D eigenvalue weighted by Crippen LogP contribution is -2.16. The molecule has 0 atom stereocenters. The smallest absolute Gasteiger partial charge is 0.264 e. The van der Waals surface area contributed by atoms with Gasteiger partial charge in [0, 0.05) is 10.5 Å². The van der Waals surface area contributed by atoms with Crippen molar-refractivity contribution in [3.8, 4) is 0 Å². The molecule has 0 aliphatic carbocycles. The van der Waals surface area contributed by atoms with Gasteiger partial charge in [-0.25, -0.2) is 21.6 Å². The van der Waals surface area contributed by atoms with Gasteiger partial charge in [-0.05, 0) is 24.3 Å². The van der Waals surface area contributed by atoms with Crippen molar-refractivity contribution in [1.82, 2.24) is 0 Å². The molecule has 4 nitrogen and oxygen atoms in total. The third-order valence-electron chi connectivity index (χ3n) is 2.51. The molecule has 0 aliphatic heterocycles. The first kappa shape index (κ1) is 15.6. The molecular formula is C12H8BrF3N2O2S. The molecule has 0 aliphatic rings. The highest BCUT2D eigenvalue weighted by atomic mass is 79.9. The average Bonchev–Trinajstić information content (AvgIpc) is 2.37. The third-order valence-corrected chi connectivity index (χ3v) is 4.39. The standard InChI is InChI=1S/C12H8BrF3N2O2S/c13-6-1-2-7(14)11(3-6)18-21(19,20)12-5-10(17)8(15)4-9(12)16/h1-5,18H,17H2. The van der Waals surface area contributed by atoms with Gasteiger partial charge < -0.3 is 5.73 Å². The van der Waals surface area contributed by atoms with Crippen LogP contribution in [0.3, 0.4) is 0 Å². The second kappa shape index (κ2) is 5.57. The van der Waals surface area contributed by atoms with Gasteiger partial charge in [-0.2, -0.15) is 0 Å². The minimum Gasteiger partial charge on any atom is -0.396 e. The molecule has 2 rings (SSSR count). The van der Waals surface area contributed by atoms with E-state index in [-0.39, 0.29) is 5.69 Å². The average molecular weight is 381 g/mol. The number of nitrogens with two attached hydrogens (primary N) is 1. The number of hydrogen-bond donors (Lipinski definition) is 2. The van der Waals surface area contributed by atoms with Gasteiger partial charge in [0.1, 0.15) is 22.3 Å². The van der Waals surface area contributed by atoms with Crippen molar-refractivity contribution < 1.29 is 21.6 Å². The van der Waals surface area contributed by atoms with Crippen LogP contribution in [-0.2, 0) is 10.0 Å². The van der Waals surface area contributed by atoms with E-state index in [2.05, 4.69) is 15.9 Å². The SMILES string of the molecule is Nc1cc(S(=O)(=O)Nc2cc(Br)ccc2F)c(F)cc1F. The topological polar surface area (TPSA) is 72.2 Å². The molecule has 0 unspecified atom stereocenters. The quantitative estimate of drug-likeness (QED) is 0.802. The molecule has 0 bridgehead atoms. The summed E-state index contributed by atoms with van der Waals surface area (Å²) in [5.41, 5.74) is 4.30. The highest BCUT2D eigenvalue weighted by Crippen LogP contribution is 2.26. The highest BCUT2D eigenvalue weighted by Gasteiger charge is 2.22. The van der Waals surface area contributed by atoms with Crippen molar-refractivity contribution in [2.75, 3.05) is 10.5 Å². The number of nitrogens with one attached hydrogen (secondary N) is 1. The van der Waals surface area contributed by atoms with Gasteiger partial charge in [0.05, 0.1) is 11.4 Å². The minimum absolute atomic E-state index is 0.348. The first-order valence-corrected chi connectivity index (χ1v) is 7.71. The fourth-order valence-electron chi connectivity index (χ4n) is 1.53. The van der Waals surface area contributed by atoms with Crippen LogP contribution in [0.2, 0.25) is 0 Å². The predicted octanol–water partition coefficient (Wildman–Crippen LogP) is 3.25. The number of nitrogen functional groups attached to an aromatic ring is 1. The summed E-state index contributed by atoms with van der Waals surface area (Å²) in [6.45, 7) is 0. The third kappa shape index (κ3) is 3.30. The van der Waals surface area contributed by atoms with Crippen LogP contribution in [-0.4, -0.2) is 8.42 Å². The van der Waals surface area contributed by atoms with E-state index in [4.69, 9.17) is 5.73 Å². The number of hydrogen-bond acceptors (Lipinski definition) is 3. The Hall–Kier alpha value is -1.74. The Balaban J connectivity index is 2.48. The molecule has 0 spiro atoms. The summed E-state index contributed by atoms with van der Waals surface area (Å²) in [6.07, 6.45) is 0. The molecule has 21 heavy (non-hydrogen) atoms. The maximum Gasteiger partial charge on any atom is 0.264 e. The van der Waals surface area contributed by atoms with E-state index >= 15 is 0 Å². The normalized spacial score (nSPS) is 11.4. The number of halogens is 4. The lowest BCUT2D eigenvalue weighted by atomic mass is 10.3. The van der Waals surface area contributed by atoms with Gasteiger partial charge in [0.25, 0.3) is 10.0 Å². The predicted molar refractivity (Wildman–Crippen MR) is 75.7 cm³/mol. The molecule has 0 amide bonds. The molecule has 9 heteroatoms. The Bertz CT molecular complexity index is 812. The first-order valence-electron chi connectivity index (χ1n) is 5.43. The lowest BCUT2D eigenvalue weighted by molar-refractivity contribution is 0.552. The molecular weight excluding hydrogens is 373 g/mol. The van der Waals surface area contributed by atoms with Crippen LogP contribution >= 0.6 is 15.9 Å². The molecule has 3 N–H and O–H groups in total. The van der Waals surface area contributed by atoms with E-state index in [0.717, 1.165) is 12.1 Å². The Morgan fingerprint density at radius 2 is 1.67 bits per heavy atom. The fourth-order valence-corrected chi connectivity index (χ4v) is 3.04. The minimum atomic E-state index is -4.46. The first-order chi connectivity index (χ1) is 9.70. The lowest BCUT2D eigenvalue weighted by Gasteiger charge is -2.11. The van der Waals surface area contributed by atoms with Crippen LogP contribution < -0.4 is 10.5 Å². The van der Waals surface area contributed by atoms with Crippen molar-refractivity contribution in [2.45, 2.75) is 4.90 Å². The summed E-state index contributed by atoms with van der Waals surface area (Å²) < 4.78 is 66.5. The van der Waals surface area contributed by atoms with Gasteiger partial charge >= 0.3 is 0 Å². The van der Waals surface area contributed by atoms with Crippen LogP contribution in [0.4, 0.5) is 24.5 Å². The van der Waals surface area contributed by atoms with Crippen molar-refractivity contribution in [3.63, 3.8) is 0 Å². The zero-order valence-corrected chi connectivity index (χ0v) is 12.6. The van der Waals surface area contributed by atoms with Gasteiger partial charge in [0.15, 0.2) is 0 Å². The molecule has 0 fully saturated rings. The maximum absolute atomic E-state index is 13.6. The summed E-state index contributed by atoms with van der Waals surface area (Å²) in [4.78, 5) is -0.874. The zero-order valence-electron chi connectivity index (χ0n) is 10.2.